The number of carbonyl (C=O) groups excluding carboxylic acids is 3. The molecule has 0 fully saturated rings. The van der Waals surface area contributed by atoms with Crippen molar-refractivity contribution in [3.8, 4) is 0 Å². The number of amides is 3. The van der Waals surface area contributed by atoms with E-state index >= 15 is 0 Å². The van der Waals surface area contributed by atoms with Crippen LogP contribution in [0.2, 0.25) is 0 Å². The summed E-state index contributed by atoms with van der Waals surface area (Å²) in [5.41, 5.74) is 4.62. The molecule has 0 atom stereocenters. The molecule has 0 saturated heterocycles. The topological polar surface area (TPSA) is 78.5 Å². The van der Waals surface area contributed by atoms with Gasteiger partial charge in [-0.15, -0.1) is 11.3 Å². The lowest BCUT2D eigenvalue weighted by Crippen LogP contribution is -2.32. The number of hydrogen-bond acceptors (Lipinski definition) is 5. The van der Waals surface area contributed by atoms with Crippen molar-refractivity contribution in [2.75, 3.05) is 15.5 Å². The highest BCUT2D eigenvalue weighted by Crippen LogP contribution is 2.36. The highest BCUT2D eigenvalue weighted by Gasteiger charge is 2.40. The van der Waals surface area contributed by atoms with Crippen LogP contribution in [0.15, 0.2) is 65.7 Å². The molecule has 1 aromatic heterocycles. The first-order valence-electron chi connectivity index (χ1n) is 9.74. The van der Waals surface area contributed by atoms with Gasteiger partial charge in [-0.3, -0.25) is 14.4 Å². The molecule has 7 heteroatoms. The third-order valence-corrected chi connectivity index (χ3v) is 5.96. The Hall–Kier alpha value is -3.71. The first-order valence-corrected chi connectivity index (χ1v) is 10.6. The molecule has 4 rings (SSSR count). The SMILES string of the molecule is CC(=O)Nc1ccc(N2C(=O)C(Nc3ccc(C)c(C)c3)=C(c3cccs3)C2=O)cc1. The summed E-state index contributed by atoms with van der Waals surface area (Å²) in [6.45, 7) is 5.44. The van der Waals surface area contributed by atoms with Gasteiger partial charge in [0.1, 0.15) is 5.70 Å². The van der Waals surface area contributed by atoms with E-state index in [0.717, 1.165) is 26.6 Å². The maximum atomic E-state index is 13.4. The van der Waals surface area contributed by atoms with Gasteiger partial charge in [0.25, 0.3) is 11.8 Å². The van der Waals surface area contributed by atoms with Crippen molar-refractivity contribution in [3.05, 3.63) is 81.7 Å². The molecule has 3 aromatic rings. The summed E-state index contributed by atoms with van der Waals surface area (Å²) in [6.07, 6.45) is 0. The molecule has 0 radical (unpaired) electrons. The zero-order valence-electron chi connectivity index (χ0n) is 17.4. The Morgan fingerprint density at radius 3 is 2.23 bits per heavy atom. The first kappa shape index (κ1) is 20.6. The highest BCUT2D eigenvalue weighted by atomic mass is 32.1. The zero-order chi connectivity index (χ0) is 22.1. The van der Waals surface area contributed by atoms with Gasteiger partial charge in [-0.25, -0.2) is 4.90 Å². The van der Waals surface area contributed by atoms with E-state index in [1.54, 1.807) is 24.3 Å². The number of benzene rings is 2. The minimum atomic E-state index is -0.418. The summed E-state index contributed by atoms with van der Waals surface area (Å²) in [4.78, 5) is 39.8. The van der Waals surface area contributed by atoms with Crippen LogP contribution in [-0.2, 0) is 14.4 Å². The number of nitrogens with one attached hydrogen (secondary N) is 2. The third kappa shape index (κ3) is 4.00. The third-order valence-electron chi connectivity index (χ3n) is 5.07. The summed E-state index contributed by atoms with van der Waals surface area (Å²) in [7, 11) is 0. The second-order valence-corrected chi connectivity index (χ2v) is 8.27. The fourth-order valence-corrected chi connectivity index (χ4v) is 4.16. The minimum Gasteiger partial charge on any atom is -0.350 e. The molecule has 156 valence electrons. The van der Waals surface area contributed by atoms with Gasteiger partial charge in [-0.1, -0.05) is 12.1 Å². The van der Waals surface area contributed by atoms with Gasteiger partial charge in [0.2, 0.25) is 5.91 Å². The first-order chi connectivity index (χ1) is 14.8. The Bertz CT molecular complexity index is 1210. The second kappa shape index (κ2) is 8.20. The van der Waals surface area contributed by atoms with E-state index in [4.69, 9.17) is 0 Å². The Labute approximate surface area is 184 Å². The highest BCUT2D eigenvalue weighted by molar-refractivity contribution is 7.11. The van der Waals surface area contributed by atoms with Gasteiger partial charge >= 0.3 is 0 Å². The average Bonchev–Trinajstić information content (AvgIpc) is 3.32. The molecule has 31 heavy (non-hydrogen) atoms. The van der Waals surface area contributed by atoms with Crippen LogP contribution in [0.5, 0.6) is 0 Å². The van der Waals surface area contributed by atoms with Crippen molar-refractivity contribution in [2.24, 2.45) is 0 Å². The normalized spacial score (nSPS) is 13.7. The fraction of sp³-hybridized carbons (Fsp3) is 0.125. The van der Waals surface area contributed by atoms with Crippen molar-refractivity contribution in [1.82, 2.24) is 0 Å². The van der Waals surface area contributed by atoms with Crippen molar-refractivity contribution >= 4 is 51.7 Å². The largest absolute Gasteiger partial charge is 0.350 e. The standard InChI is InChI=1S/C24H21N3O3S/c1-14-6-7-18(13-15(14)2)26-22-21(20-5-4-12-31-20)23(29)27(24(22)30)19-10-8-17(9-11-19)25-16(3)28/h4-13,26H,1-3H3,(H,25,28). The predicted octanol–water partition coefficient (Wildman–Crippen LogP) is 4.72. The molecule has 6 nitrogen and oxygen atoms in total. The van der Waals surface area contributed by atoms with Crippen LogP contribution in [0.4, 0.5) is 17.1 Å². The maximum absolute atomic E-state index is 13.4. The Balaban J connectivity index is 1.72. The average molecular weight is 432 g/mol. The van der Waals surface area contributed by atoms with Gasteiger partial charge in [0.05, 0.1) is 11.3 Å². The van der Waals surface area contributed by atoms with E-state index in [2.05, 4.69) is 10.6 Å². The van der Waals surface area contributed by atoms with Crippen LogP contribution in [0.25, 0.3) is 5.57 Å². The number of thiophene rings is 1. The van der Waals surface area contributed by atoms with Gasteiger partial charge in [0.15, 0.2) is 0 Å². The maximum Gasteiger partial charge on any atom is 0.282 e. The second-order valence-electron chi connectivity index (χ2n) is 7.33. The van der Waals surface area contributed by atoms with Crippen LogP contribution in [0, 0.1) is 13.8 Å². The molecular formula is C24H21N3O3S. The van der Waals surface area contributed by atoms with Crippen molar-refractivity contribution in [3.63, 3.8) is 0 Å². The van der Waals surface area contributed by atoms with Crippen LogP contribution >= 0.6 is 11.3 Å². The summed E-state index contributed by atoms with van der Waals surface area (Å²) < 4.78 is 0. The van der Waals surface area contributed by atoms with E-state index in [1.165, 1.54) is 18.3 Å². The summed E-state index contributed by atoms with van der Waals surface area (Å²) >= 11 is 1.41. The Morgan fingerprint density at radius 1 is 0.903 bits per heavy atom. The van der Waals surface area contributed by atoms with Crippen molar-refractivity contribution in [1.29, 1.82) is 0 Å². The van der Waals surface area contributed by atoms with E-state index in [-0.39, 0.29) is 17.5 Å². The van der Waals surface area contributed by atoms with E-state index in [1.807, 2.05) is 49.6 Å². The summed E-state index contributed by atoms with van der Waals surface area (Å²) in [6, 6.07) is 16.1. The Morgan fingerprint density at radius 2 is 1.61 bits per heavy atom. The number of carbonyl (C=O) groups is 3. The van der Waals surface area contributed by atoms with Crippen LogP contribution < -0.4 is 15.5 Å². The molecule has 0 saturated carbocycles. The molecule has 0 aliphatic carbocycles. The van der Waals surface area contributed by atoms with Gasteiger partial charge in [0, 0.05) is 23.2 Å². The molecule has 1 aliphatic heterocycles. The molecule has 2 N–H and O–H groups in total. The van der Waals surface area contributed by atoms with Crippen LogP contribution in [-0.4, -0.2) is 17.7 Å². The van der Waals surface area contributed by atoms with Crippen LogP contribution in [0.3, 0.4) is 0 Å². The summed E-state index contributed by atoms with van der Waals surface area (Å²) in [5, 5.41) is 7.73. The summed E-state index contributed by atoms with van der Waals surface area (Å²) in [5.74, 6) is -0.993. The number of anilines is 3. The monoisotopic (exact) mass is 431 g/mol. The lowest BCUT2D eigenvalue weighted by molar-refractivity contribution is -0.120. The quantitative estimate of drug-likeness (QED) is 0.573. The Kier molecular flexibility index (Phi) is 5.44. The zero-order valence-corrected chi connectivity index (χ0v) is 18.2. The molecule has 2 heterocycles. The molecular weight excluding hydrogens is 410 g/mol. The predicted molar refractivity (Wildman–Crippen MR) is 124 cm³/mol. The molecule has 0 bridgehead atoms. The lowest BCUT2D eigenvalue weighted by Gasteiger charge is -2.16. The number of aryl methyl sites for hydroxylation is 2. The lowest BCUT2D eigenvalue weighted by atomic mass is 10.1. The number of rotatable bonds is 5. The fourth-order valence-electron chi connectivity index (χ4n) is 3.39. The minimum absolute atomic E-state index is 0.192. The number of nitrogens with zero attached hydrogens (tertiary/aromatic N) is 1. The van der Waals surface area contributed by atoms with Crippen LogP contribution in [0.1, 0.15) is 22.9 Å². The van der Waals surface area contributed by atoms with E-state index in [9.17, 15) is 14.4 Å². The molecule has 1 aliphatic rings. The number of hydrogen-bond donors (Lipinski definition) is 2. The van der Waals surface area contributed by atoms with Gasteiger partial charge < -0.3 is 10.6 Å². The van der Waals surface area contributed by atoms with E-state index < -0.39 is 5.91 Å². The molecule has 0 spiro atoms. The van der Waals surface area contributed by atoms with Crippen molar-refractivity contribution < 1.29 is 14.4 Å². The molecule has 3 amide bonds. The van der Waals surface area contributed by atoms with Gasteiger partial charge in [-0.05, 0) is 72.8 Å². The smallest absolute Gasteiger partial charge is 0.282 e. The van der Waals surface area contributed by atoms with Crippen molar-refractivity contribution in [2.45, 2.75) is 20.8 Å². The number of imide groups is 1. The molecule has 2 aromatic carbocycles. The molecule has 0 unspecified atom stereocenters. The van der Waals surface area contributed by atoms with E-state index in [0.29, 0.717) is 16.9 Å². The van der Waals surface area contributed by atoms with Gasteiger partial charge in [-0.2, -0.15) is 0 Å².